The van der Waals surface area contributed by atoms with Crippen LogP contribution in [0.1, 0.15) is 29.7 Å². The van der Waals surface area contributed by atoms with E-state index < -0.39 is 0 Å². The Balaban J connectivity index is 2.72. The van der Waals surface area contributed by atoms with Crippen LogP contribution in [0.4, 0.5) is 0 Å². The van der Waals surface area contributed by atoms with Crippen molar-refractivity contribution in [2.45, 2.75) is 20.3 Å². The van der Waals surface area contributed by atoms with Crippen molar-refractivity contribution in [1.29, 1.82) is 0 Å². The molecule has 0 unspecified atom stereocenters. The van der Waals surface area contributed by atoms with Crippen molar-refractivity contribution in [2.75, 3.05) is 0 Å². The minimum Gasteiger partial charge on any atom is -0.458 e. The summed E-state index contributed by atoms with van der Waals surface area (Å²) in [7, 11) is 0. The van der Waals surface area contributed by atoms with E-state index in [1.54, 1.807) is 12.1 Å². The van der Waals surface area contributed by atoms with Gasteiger partial charge in [0.05, 0.1) is 0 Å². The third kappa shape index (κ3) is 2.09. The molecule has 2 heteroatoms. The van der Waals surface area contributed by atoms with E-state index in [-0.39, 0.29) is 5.78 Å². The van der Waals surface area contributed by atoms with Gasteiger partial charge in [-0.2, -0.15) is 0 Å². The first-order valence-corrected chi connectivity index (χ1v) is 3.83. The average molecular weight is 164 g/mol. The number of rotatable bonds is 3. The Morgan fingerprint density at radius 2 is 2.25 bits per heavy atom. The summed E-state index contributed by atoms with van der Waals surface area (Å²) >= 11 is 0. The van der Waals surface area contributed by atoms with Crippen LogP contribution in [0, 0.1) is 6.92 Å². The number of furan rings is 1. The van der Waals surface area contributed by atoms with Gasteiger partial charge in [0, 0.05) is 6.42 Å². The Morgan fingerprint density at radius 1 is 1.58 bits per heavy atom. The van der Waals surface area contributed by atoms with Gasteiger partial charge in [0.15, 0.2) is 5.76 Å². The monoisotopic (exact) mass is 164 g/mol. The fourth-order valence-electron chi connectivity index (χ4n) is 0.946. The average Bonchev–Trinajstić information content (AvgIpc) is 2.34. The van der Waals surface area contributed by atoms with Gasteiger partial charge in [-0.15, -0.1) is 0 Å². The van der Waals surface area contributed by atoms with Crippen molar-refractivity contribution in [2.24, 2.45) is 0 Å². The number of Topliss-reactive ketones (excluding diaryl/α,β-unsaturated/α-hetero) is 1. The molecule has 0 atom stereocenters. The van der Waals surface area contributed by atoms with Gasteiger partial charge >= 0.3 is 0 Å². The number of hydrogen-bond acceptors (Lipinski definition) is 2. The molecular formula is C10H12O2. The van der Waals surface area contributed by atoms with E-state index in [0.717, 1.165) is 11.3 Å². The summed E-state index contributed by atoms with van der Waals surface area (Å²) in [6.45, 7) is 7.31. The molecule has 2 nitrogen and oxygen atoms in total. The molecule has 0 aliphatic carbocycles. The number of carbonyl (C=O) groups is 1. The maximum atomic E-state index is 11.3. The highest BCUT2D eigenvalue weighted by Crippen LogP contribution is 2.11. The summed E-state index contributed by atoms with van der Waals surface area (Å²) in [5.74, 6) is 1.19. The largest absolute Gasteiger partial charge is 0.458 e. The third-order valence-corrected chi connectivity index (χ3v) is 1.48. The maximum Gasteiger partial charge on any atom is 0.201 e. The Labute approximate surface area is 71.9 Å². The van der Waals surface area contributed by atoms with E-state index in [2.05, 4.69) is 6.58 Å². The SMILES string of the molecule is C=C(C)CC(=O)c1ccc(C)o1. The summed E-state index contributed by atoms with van der Waals surface area (Å²) in [6.07, 6.45) is 0.368. The van der Waals surface area contributed by atoms with Crippen molar-refractivity contribution < 1.29 is 9.21 Å². The summed E-state index contributed by atoms with van der Waals surface area (Å²) < 4.78 is 5.16. The molecule has 0 aromatic carbocycles. The lowest BCUT2D eigenvalue weighted by molar-refractivity contribution is 0.0965. The topological polar surface area (TPSA) is 30.2 Å². The predicted octanol–water partition coefficient (Wildman–Crippen LogP) is 2.74. The van der Waals surface area contributed by atoms with E-state index >= 15 is 0 Å². The number of carbonyl (C=O) groups excluding carboxylic acids is 1. The molecule has 12 heavy (non-hydrogen) atoms. The van der Waals surface area contributed by atoms with Crippen LogP contribution in [0.15, 0.2) is 28.7 Å². The van der Waals surface area contributed by atoms with E-state index in [9.17, 15) is 4.79 Å². The van der Waals surface area contributed by atoms with Crippen LogP contribution in [0.25, 0.3) is 0 Å². The number of hydrogen-bond donors (Lipinski definition) is 0. The molecule has 0 saturated carbocycles. The fraction of sp³-hybridized carbons (Fsp3) is 0.300. The van der Waals surface area contributed by atoms with Crippen molar-refractivity contribution in [3.63, 3.8) is 0 Å². The molecule has 0 aliphatic rings. The van der Waals surface area contributed by atoms with E-state index in [4.69, 9.17) is 4.42 Å². The second-order valence-corrected chi connectivity index (χ2v) is 2.97. The summed E-state index contributed by atoms with van der Waals surface area (Å²) in [6, 6.07) is 3.48. The molecule has 0 radical (unpaired) electrons. The fourth-order valence-corrected chi connectivity index (χ4v) is 0.946. The van der Waals surface area contributed by atoms with Crippen LogP contribution < -0.4 is 0 Å². The lowest BCUT2D eigenvalue weighted by Gasteiger charge is -1.94. The van der Waals surface area contributed by atoms with Crippen molar-refractivity contribution in [1.82, 2.24) is 0 Å². The lowest BCUT2D eigenvalue weighted by atomic mass is 10.1. The van der Waals surface area contributed by atoms with E-state index in [1.165, 1.54) is 0 Å². The van der Waals surface area contributed by atoms with Crippen LogP contribution in [0.3, 0.4) is 0 Å². The number of aryl methyl sites for hydroxylation is 1. The van der Waals surface area contributed by atoms with Gasteiger partial charge in [-0.25, -0.2) is 0 Å². The van der Waals surface area contributed by atoms with Gasteiger partial charge in [0.25, 0.3) is 0 Å². The number of ketones is 1. The van der Waals surface area contributed by atoms with Gasteiger partial charge in [0.1, 0.15) is 5.76 Å². The minimum absolute atomic E-state index is 0.00407. The maximum absolute atomic E-state index is 11.3. The first kappa shape index (κ1) is 8.78. The molecule has 1 aromatic heterocycles. The molecule has 0 aliphatic heterocycles. The third-order valence-electron chi connectivity index (χ3n) is 1.48. The predicted molar refractivity (Wildman–Crippen MR) is 47.2 cm³/mol. The zero-order valence-corrected chi connectivity index (χ0v) is 7.39. The van der Waals surface area contributed by atoms with Crippen LogP contribution in [0.2, 0.25) is 0 Å². The normalized spacial score (nSPS) is 9.83. The molecule has 0 fully saturated rings. The smallest absolute Gasteiger partial charge is 0.201 e. The van der Waals surface area contributed by atoms with E-state index in [0.29, 0.717) is 12.2 Å². The molecule has 0 spiro atoms. The first-order valence-electron chi connectivity index (χ1n) is 3.83. The molecule has 1 aromatic rings. The highest BCUT2D eigenvalue weighted by molar-refractivity contribution is 5.94. The van der Waals surface area contributed by atoms with Crippen LogP contribution in [-0.2, 0) is 0 Å². The van der Waals surface area contributed by atoms with E-state index in [1.807, 2.05) is 13.8 Å². The Kier molecular flexibility index (Phi) is 2.48. The lowest BCUT2D eigenvalue weighted by Crippen LogP contribution is -1.96. The molecule has 0 amide bonds. The van der Waals surface area contributed by atoms with Gasteiger partial charge in [-0.3, -0.25) is 4.79 Å². The molecule has 0 saturated heterocycles. The molecule has 1 heterocycles. The second kappa shape index (κ2) is 3.39. The summed E-state index contributed by atoms with van der Waals surface area (Å²) in [4.78, 5) is 11.3. The van der Waals surface area contributed by atoms with Gasteiger partial charge < -0.3 is 4.42 Å². The Morgan fingerprint density at radius 3 is 2.67 bits per heavy atom. The van der Waals surface area contributed by atoms with Crippen molar-refractivity contribution in [3.8, 4) is 0 Å². The van der Waals surface area contributed by atoms with Gasteiger partial charge in [-0.1, -0.05) is 12.2 Å². The zero-order chi connectivity index (χ0) is 9.14. The summed E-state index contributed by atoms with van der Waals surface area (Å²) in [5.41, 5.74) is 0.856. The quantitative estimate of drug-likeness (QED) is 0.508. The van der Waals surface area contributed by atoms with Crippen LogP contribution >= 0.6 is 0 Å². The van der Waals surface area contributed by atoms with Crippen molar-refractivity contribution in [3.05, 3.63) is 35.8 Å². The molecule has 0 bridgehead atoms. The minimum atomic E-state index is -0.00407. The molecule has 1 rings (SSSR count). The highest BCUT2D eigenvalue weighted by atomic mass is 16.3. The molecule has 64 valence electrons. The number of allylic oxidation sites excluding steroid dienone is 1. The second-order valence-electron chi connectivity index (χ2n) is 2.97. The molecule has 0 N–H and O–H groups in total. The summed E-state index contributed by atoms with van der Waals surface area (Å²) in [5, 5.41) is 0. The van der Waals surface area contributed by atoms with Gasteiger partial charge in [-0.05, 0) is 26.0 Å². The standard InChI is InChI=1S/C10H12O2/c1-7(2)6-9(11)10-5-4-8(3)12-10/h4-5H,1,6H2,2-3H3. The van der Waals surface area contributed by atoms with Crippen LogP contribution in [-0.4, -0.2) is 5.78 Å². The Hall–Kier alpha value is -1.31. The molecular weight excluding hydrogens is 152 g/mol. The first-order chi connectivity index (χ1) is 5.59. The zero-order valence-electron chi connectivity index (χ0n) is 7.39. The highest BCUT2D eigenvalue weighted by Gasteiger charge is 2.09. The Bertz CT molecular complexity index is 307. The van der Waals surface area contributed by atoms with Gasteiger partial charge in [0.2, 0.25) is 5.78 Å². The van der Waals surface area contributed by atoms with Crippen molar-refractivity contribution >= 4 is 5.78 Å². The van der Waals surface area contributed by atoms with Crippen LogP contribution in [0.5, 0.6) is 0 Å².